The number of nitrogens with one attached hydrogen (secondary N) is 1. The van der Waals surface area contributed by atoms with E-state index in [2.05, 4.69) is 31.2 Å². The van der Waals surface area contributed by atoms with Gasteiger partial charge in [-0.2, -0.15) is 0 Å². The summed E-state index contributed by atoms with van der Waals surface area (Å²) in [6, 6.07) is 13.0. The van der Waals surface area contributed by atoms with Gasteiger partial charge in [0.2, 0.25) is 0 Å². The number of pyridine rings is 2. The maximum absolute atomic E-state index is 12.7. The van der Waals surface area contributed by atoms with Crippen molar-refractivity contribution >= 4 is 17.4 Å². The molecule has 0 aliphatic carbocycles. The van der Waals surface area contributed by atoms with Gasteiger partial charge in [0.15, 0.2) is 0 Å². The number of carbonyl (C=O) groups is 1. The number of anilines is 2. The van der Waals surface area contributed by atoms with Gasteiger partial charge >= 0.3 is 0 Å². The van der Waals surface area contributed by atoms with E-state index in [0.29, 0.717) is 22.7 Å². The van der Waals surface area contributed by atoms with E-state index < -0.39 is 0 Å². The van der Waals surface area contributed by atoms with Crippen LogP contribution in [0, 0.1) is 0 Å². The first kappa shape index (κ1) is 21.6. The fourth-order valence-electron chi connectivity index (χ4n) is 3.67. The van der Waals surface area contributed by atoms with E-state index in [1.807, 2.05) is 24.4 Å². The average molecular weight is 434 g/mol. The molecule has 0 atom stereocenters. The summed E-state index contributed by atoms with van der Waals surface area (Å²) in [5.74, 6) is 1.78. The molecule has 8 nitrogen and oxygen atoms in total. The van der Waals surface area contributed by atoms with Crippen molar-refractivity contribution in [3.8, 4) is 11.5 Å². The van der Waals surface area contributed by atoms with Gasteiger partial charge in [-0.1, -0.05) is 6.07 Å². The first-order valence-corrected chi connectivity index (χ1v) is 10.5. The van der Waals surface area contributed by atoms with Gasteiger partial charge < -0.3 is 19.7 Å². The summed E-state index contributed by atoms with van der Waals surface area (Å²) in [7, 11) is 3.11. The largest absolute Gasteiger partial charge is 0.497 e. The summed E-state index contributed by atoms with van der Waals surface area (Å²) in [6.07, 6.45) is 5.40. The molecule has 1 fully saturated rings. The van der Waals surface area contributed by atoms with Crippen LogP contribution in [0.25, 0.3) is 0 Å². The maximum Gasteiger partial charge on any atom is 0.255 e. The van der Waals surface area contributed by atoms with Crippen LogP contribution in [0.5, 0.6) is 11.5 Å². The molecule has 8 heteroatoms. The smallest absolute Gasteiger partial charge is 0.255 e. The van der Waals surface area contributed by atoms with Crippen molar-refractivity contribution in [3.05, 3.63) is 72.2 Å². The van der Waals surface area contributed by atoms with Crippen LogP contribution in [0.1, 0.15) is 15.9 Å². The topological polar surface area (TPSA) is 79.8 Å². The molecule has 0 saturated carbocycles. The number of carbonyl (C=O) groups excluding carboxylic acids is 1. The van der Waals surface area contributed by atoms with Crippen molar-refractivity contribution in [1.82, 2.24) is 14.9 Å². The van der Waals surface area contributed by atoms with Gasteiger partial charge in [0, 0.05) is 56.7 Å². The number of ether oxygens (including phenoxy) is 2. The Bertz CT molecular complexity index is 1010. The number of aromatic nitrogens is 2. The predicted octanol–water partition coefficient (Wildman–Crippen LogP) is 3.07. The predicted molar refractivity (Wildman–Crippen MR) is 123 cm³/mol. The molecule has 1 aliphatic rings. The van der Waals surface area contributed by atoms with Crippen LogP contribution in [-0.2, 0) is 6.54 Å². The first-order valence-electron chi connectivity index (χ1n) is 10.5. The number of piperazine rings is 1. The lowest BCUT2D eigenvalue weighted by Crippen LogP contribution is -2.46. The van der Waals surface area contributed by atoms with Crippen LogP contribution in [0.4, 0.5) is 11.5 Å². The molecular formula is C24H27N5O3. The quantitative estimate of drug-likeness (QED) is 0.613. The van der Waals surface area contributed by atoms with Crippen molar-refractivity contribution in [1.29, 1.82) is 0 Å². The van der Waals surface area contributed by atoms with Crippen molar-refractivity contribution in [3.63, 3.8) is 0 Å². The van der Waals surface area contributed by atoms with E-state index in [0.717, 1.165) is 38.5 Å². The highest BCUT2D eigenvalue weighted by Crippen LogP contribution is 2.23. The summed E-state index contributed by atoms with van der Waals surface area (Å²) < 4.78 is 10.5. The monoisotopic (exact) mass is 433 g/mol. The highest BCUT2D eigenvalue weighted by molar-refractivity contribution is 6.04. The molecule has 1 amide bonds. The molecule has 3 aromatic rings. The van der Waals surface area contributed by atoms with Gasteiger partial charge in [0.05, 0.1) is 26.1 Å². The summed E-state index contributed by atoms with van der Waals surface area (Å²) >= 11 is 0. The van der Waals surface area contributed by atoms with E-state index in [4.69, 9.17) is 9.47 Å². The van der Waals surface area contributed by atoms with Crippen LogP contribution in [0.3, 0.4) is 0 Å². The van der Waals surface area contributed by atoms with Gasteiger partial charge in [0.25, 0.3) is 5.91 Å². The Labute approximate surface area is 187 Å². The van der Waals surface area contributed by atoms with Gasteiger partial charge in [-0.3, -0.25) is 14.7 Å². The van der Waals surface area contributed by atoms with E-state index in [-0.39, 0.29) is 5.91 Å². The third kappa shape index (κ3) is 5.33. The number of rotatable bonds is 7. The molecule has 1 aromatic carbocycles. The zero-order valence-electron chi connectivity index (χ0n) is 18.3. The minimum atomic E-state index is -0.249. The number of hydrogen-bond donors (Lipinski definition) is 1. The third-order valence-corrected chi connectivity index (χ3v) is 5.44. The van der Waals surface area contributed by atoms with Gasteiger partial charge in [-0.15, -0.1) is 0 Å². The Morgan fingerprint density at radius 3 is 2.34 bits per heavy atom. The number of methoxy groups -OCH3 is 2. The minimum absolute atomic E-state index is 0.249. The maximum atomic E-state index is 12.7. The van der Waals surface area contributed by atoms with Crippen LogP contribution < -0.4 is 19.7 Å². The molecule has 0 bridgehead atoms. The molecule has 32 heavy (non-hydrogen) atoms. The lowest BCUT2D eigenvalue weighted by atomic mass is 10.2. The molecule has 3 heterocycles. The van der Waals surface area contributed by atoms with Gasteiger partial charge in [-0.05, 0) is 35.9 Å². The van der Waals surface area contributed by atoms with Crippen LogP contribution in [-0.4, -0.2) is 61.2 Å². The highest BCUT2D eigenvalue weighted by Gasteiger charge is 2.18. The van der Waals surface area contributed by atoms with Crippen LogP contribution in [0.15, 0.2) is 61.1 Å². The fraction of sp³-hybridized carbons (Fsp3) is 0.292. The highest BCUT2D eigenvalue weighted by atomic mass is 16.5. The minimum Gasteiger partial charge on any atom is -0.497 e. The van der Waals surface area contributed by atoms with Crippen molar-refractivity contribution < 1.29 is 14.3 Å². The molecule has 0 spiro atoms. The van der Waals surface area contributed by atoms with E-state index >= 15 is 0 Å². The van der Waals surface area contributed by atoms with Crippen LogP contribution >= 0.6 is 0 Å². The molecule has 4 rings (SSSR count). The molecule has 2 aromatic heterocycles. The first-order chi connectivity index (χ1) is 15.6. The average Bonchev–Trinajstić information content (AvgIpc) is 2.85. The SMILES string of the molecule is COc1cc(OC)cc(C(=O)Nc2ccc(N3CCN(Cc4cccnc4)CC3)nc2)c1. The Kier molecular flexibility index (Phi) is 6.81. The van der Waals surface area contributed by atoms with Gasteiger partial charge in [-0.25, -0.2) is 4.98 Å². The van der Waals surface area contributed by atoms with Crippen molar-refractivity contribution in [2.75, 3.05) is 50.6 Å². The Balaban J connectivity index is 1.33. The number of amides is 1. The lowest BCUT2D eigenvalue weighted by Gasteiger charge is -2.35. The van der Waals surface area contributed by atoms with Gasteiger partial charge in [0.1, 0.15) is 17.3 Å². The number of nitrogens with zero attached hydrogens (tertiary/aromatic N) is 4. The van der Waals surface area contributed by atoms with Crippen molar-refractivity contribution in [2.45, 2.75) is 6.54 Å². The standard InChI is InChI=1S/C24H27N5O3/c1-31-21-12-19(13-22(14-21)32-2)24(30)27-20-5-6-23(26-16-20)29-10-8-28(9-11-29)17-18-4-3-7-25-15-18/h3-7,12-16H,8-11,17H2,1-2H3,(H,27,30). The molecule has 1 saturated heterocycles. The molecule has 0 radical (unpaired) electrons. The summed E-state index contributed by atoms with van der Waals surface area (Å²) in [6.45, 7) is 4.65. The molecular weight excluding hydrogens is 406 g/mol. The van der Waals surface area contributed by atoms with E-state index in [1.165, 1.54) is 5.56 Å². The van der Waals surface area contributed by atoms with E-state index in [9.17, 15) is 4.79 Å². The Morgan fingerprint density at radius 1 is 1.00 bits per heavy atom. The van der Waals surface area contributed by atoms with Crippen LogP contribution in [0.2, 0.25) is 0 Å². The molecule has 1 aliphatic heterocycles. The fourth-order valence-corrected chi connectivity index (χ4v) is 3.67. The Hall–Kier alpha value is -3.65. The summed E-state index contributed by atoms with van der Waals surface area (Å²) in [5.41, 5.74) is 2.32. The molecule has 0 unspecified atom stereocenters. The second-order valence-electron chi connectivity index (χ2n) is 7.59. The summed E-state index contributed by atoms with van der Waals surface area (Å²) in [4.78, 5) is 26.1. The van der Waals surface area contributed by atoms with E-state index in [1.54, 1.807) is 44.8 Å². The van der Waals surface area contributed by atoms with Crippen molar-refractivity contribution in [2.24, 2.45) is 0 Å². The second-order valence-corrected chi connectivity index (χ2v) is 7.59. The summed E-state index contributed by atoms with van der Waals surface area (Å²) in [5, 5.41) is 2.88. The second kappa shape index (κ2) is 10.1. The normalized spacial score (nSPS) is 14.1. The number of hydrogen-bond acceptors (Lipinski definition) is 7. The zero-order chi connectivity index (χ0) is 22.3. The third-order valence-electron chi connectivity index (χ3n) is 5.44. The molecule has 1 N–H and O–H groups in total. The number of benzene rings is 1. The molecule has 166 valence electrons. The Morgan fingerprint density at radius 2 is 1.75 bits per heavy atom. The lowest BCUT2D eigenvalue weighted by molar-refractivity contribution is 0.102. The zero-order valence-corrected chi connectivity index (χ0v) is 18.3.